The Labute approximate surface area is 74.4 Å². The Kier molecular flexibility index (Phi) is 7.45. The predicted octanol–water partition coefficient (Wildman–Crippen LogP) is 0.935. The fraction of sp³-hybridized carbons (Fsp3) is 1.00. The number of unbranched alkanes of at least 4 members (excludes halogenated alkanes) is 1. The number of ether oxygens (including phenoxy) is 1. The molecule has 2 atom stereocenters. The molecule has 0 amide bonds. The molecule has 0 fully saturated rings. The van der Waals surface area contributed by atoms with Crippen molar-refractivity contribution in [2.75, 3.05) is 13.2 Å². The molecular formula is C9H20O3. The van der Waals surface area contributed by atoms with Gasteiger partial charge in [-0.15, -0.1) is 0 Å². The molecule has 0 aromatic rings. The quantitative estimate of drug-likeness (QED) is 0.567. The molecular weight excluding hydrogens is 156 g/mol. The summed E-state index contributed by atoms with van der Waals surface area (Å²) in [5, 5.41) is 18.1. The van der Waals surface area contributed by atoms with Gasteiger partial charge >= 0.3 is 0 Å². The number of rotatable bonds is 7. The van der Waals surface area contributed by atoms with Crippen LogP contribution in [0.1, 0.15) is 33.1 Å². The van der Waals surface area contributed by atoms with Crippen molar-refractivity contribution in [2.45, 2.75) is 45.3 Å². The van der Waals surface area contributed by atoms with Crippen molar-refractivity contribution >= 4 is 0 Å². The summed E-state index contributed by atoms with van der Waals surface area (Å²) in [6, 6.07) is 0. The molecule has 0 bridgehead atoms. The first-order valence-corrected chi connectivity index (χ1v) is 4.60. The van der Waals surface area contributed by atoms with E-state index in [0.29, 0.717) is 19.6 Å². The van der Waals surface area contributed by atoms with Crippen molar-refractivity contribution in [1.29, 1.82) is 0 Å². The van der Waals surface area contributed by atoms with Crippen LogP contribution >= 0.6 is 0 Å². The van der Waals surface area contributed by atoms with Crippen molar-refractivity contribution in [3.8, 4) is 0 Å². The fourth-order valence-corrected chi connectivity index (χ4v) is 0.928. The minimum absolute atomic E-state index is 0.338. The average Bonchev–Trinajstić information content (AvgIpc) is 1.97. The smallest absolute Gasteiger partial charge is 0.0798 e. The van der Waals surface area contributed by atoms with Crippen LogP contribution in [0.15, 0.2) is 0 Å². The van der Waals surface area contributed by atoms with Crippen LogP contribution in [0.4, 0.5) is 0 Å². The molecule has 0 heterocycles. The molecule has 74 valence electrons. The second kappa shape index (κ2) is 7.53. The zero-order valence-corrected chi connectivity index (χ0v) is 7.99. The third-order valence-electron chi connectivity index (χ3n) is 1.57. The molecule has 0 aliphatic heterocycles. The van der Waals surface area contributed by atoms with E-state index in [1.807, 2.05) is 0 Å². The van der Waals surface area contributed by atoms with Gasteiger partial charge in [-0.1, -0.05) is 13.3 Å². The number of aliphatic hydroxyl groups excluding tert-OH is 2. The van der Waals surface area contributed by atoms with Gasteiger partial charge in [0.15, 0.2) is 0 Å². The largest absolute Gasteiger partial charge is 0.393 e. The number of hydrogen-bond donors (Lipinski definition) is 2. The molecule has 0 aromatic heterocycles. The molecule has 0 aliphatic carbocycles. The molecule has 2 N–H and O–H groups in total. The molecule has 3 heteroatoms. The van der Waals surface area contributed by atoms with Gasteiger partial charge in [-0.05, 0) is 13.3 Å². The van der Waals surface area contributed by atoms with E-state index in [4.69, 9.17) is 9.84 Å². The van der Waals surface area contributed by atoms with Crippen LogP contribution in [0.2, 0.25) is 0 Å². The van der Waals surface area contributed by atoms with Crippen LogP contribution in [0, 0.1) is 0 Å². The maximum absolute atomic E-state index is 9.23. The van der Waals surface area contributed by atoms with E-state index in [0.717, 1.165) is 12.8 Å². The Morgan fingerprint density at radius 2 is 2.00 bits per heavy atom. The maximum Gasteiger partial charge on any atom is 0.0798 e. The topological polar surface area (TPSA) is 49.7 Å². The van der Waals surface area contributed by atoms with Gasteiger partial charge in [-0.3, -0.25) is 0 Å². The highest BCUT2D eigenvalue weighted by Crippen LogP contribution is 1.98. The van der Waals surface area contributed by atoms with E-state index in [9.17, 15) is 5.11 Å². The zero-order valence-electron chi connectivity index (χ0n) is 7.99. The number of hydrogen-bond acceptors (Lipinski definition) is 3. The summed E-state index contributed by atoms with van der Waals surface area (Å²) < 4.78 is 5.18. The van der Waals surface area contributed by atoms with Gasteiger partial charge in [-0.2, -0.15) is 0 Å². The molecule has 0 saturated carbocycles. The molecule has 3 nitrogen and oxygen atoms in total. The van der Waals surface area contributed by atoms with E-state index < -0.39 is 12.2 Å². The van der Waals surface area contributed by atoms with Crippen LogP contribution in [0.5, 0.6) is 0 Å². The monoisotopic (exact) mass is 176 g/mol. The van der Waals surface area contributed by atoms with E-state index in [1.54, 1.807) is 6.92 Å². The third-order valence-corrected chi connectivity index (χ3v) is 1.57. The van der Waals surface area contributed by atoms with Crippen molar-refractivity contribution in [3.05, 3.63) is 0 Å². The van der Waals surface area contributed by atoms with Gasteiger partial charge in [0.05, 0.1) is 18.8 Å². The molecule has 2 unspecified atom stereocenters. The lowest BCUT2D eigenvalue weighted by molar-refractivity contribution is 0.00979. The SMILES string of the molecule is CCCCOCC(O)CC(C)O. The summed E-state index contributed by atoms with van der Waals surface area (Å²) in [6.45, 7) is 4.79. The molecule has 0 aliphatic rings. The summed E-state index contributed by atoms with van der Waals surface area (Å²) in [5.41, 5.74) is 0. The summed E-state index contributed by atoms with van der Waals surface area (Å²) in [4.78, 5) is 0. The molecule has 0 radical (unpaired) electrons. The van der Waals surface area contributed by atoms with Crippen molar-refractivity contribution in [2.24, 2.45) is 0 Å². The lowest BCUT2D eigenvalue weighted by Gasteiger charge is -2.12. The van der Waals surface area contributed by atoms with E-state index in [2.05, 4.69) is 6.92 Å². The van der Waals surface area contributed by atoms with Gasteiger partial charge in [-0.25, -0.2) is 0 Å². The summed E-state index contributed by atoms with van der Waals surface area (Å²) in [5.74, 6) is 0. The lowest BCUT2D eigenvalue weighted by Crippen LogP contribution is -2.20. The predicted molar refractivity (Wildman–Crippen MR) is 48.0 cm³/mol. The highest BCUT2D eigenvalue weighted by atomic mass is 16.5. The van der Waals surface area contributed by atoms with Crippen LogP contribution in [0.25, 0.3) is 0 Å². The second-order valence-electron chi connectivity index (χ2n) is 3.17. The minimum Gasteiger partial charge on any atom is -0.393 e. The standard InChI is InChI=1S/C9H20O3/c1-3-4-5-12-7-9(11)6-8(2)10/h8-11H,3-7H2,1-2H3. The van der Waals surface area contributed by atoms with Gasteiger partial charge in [0.25, 0.3) is 0 Å². The summed E-state index contributed by atoms with van der Waals surface area (Å²) in [6.07, 6.45) is 1.55. The maximum atomic E-state index is 9.23. The van der Waals surface area contributed by atoms with Gasteiger partial charge in [0, 0.05) is 13.0 Å². The first-order valence-electron chi connectivity index (χ1n) is 4.60. The summed E-state index contributed by atoms with van der Waals surface area (Å²) >= 11 is 0. The van der Waals surface area contributed by atoms with Crippen molar-refractivity contribution < 1.29 is 14.9 Å². The molecule has 0 spiro atoms. The van der Waals surface area contributed by atoms with Crippen molar-refractivity contribution in [1.82, 2.24) is 0 Å². The lowest BCUT2D eigenvalue weighted by atomic mass is 10.2. The van der Waals surface area contributed by atoms with Crippen LogP contribution in [-0.2, 0) is 4.74 Å². The van der Waals surface area contributed by atoms with E-state index in [1.165, 1.54) is 0 Å². The number of aliphatic hydroxyl groups is 2. The Bertz CT molecular complexity index is 93.8. The Morgan fingerprint density at radius 3 is 2.50 bits per heavy atom. The summed E-state index contributed by atoms with van der Waals surface area (Å²) in [7, 11) is 0. The fourth-order valence-electron chi connectivity index (χ4n) is 0.928. The van der Waals surface area contributed by atoms with Gasteiger partial charge < -0.3 is 14.9 Å². The Morgan fingerprint density at radius 1 is 1.33 bits per heavy atom. The minimum atomic E-state index is -0.526. The van der Waals surface area contributed by atoms with Gasteiger partial charge in [0.2, 0.25) is 0 Å². The second-order valence-corrected chi connectivity index (χ2v) is 3.17. The van der Waals surface area contributed by atoms with E-state index in [-0.39, 0.29) is 0 Å². The Balaban J connectivity index is 3.14. The Hall–Kier alpha value is -0.120. The van der Waals surface area contributed by atoms with Crippen LogP contribution < -0.4 is 0 Å². The normalized spacial score (nSPS) is 16.0. The first-order chi connectivity index (χ1) is 5.66. The first kappa shape index (κ1) is 11.9. The highest BCUT2D eigenvalue weighted by molar-refractivity contribution is 4.57. The molecule has 12 heavy (non-hydrogen) atoms. The average molecular weight is 176 g/mol. The molecule has 0 saturated heterocycles. The highest BCUT2D eigenvalue weighted by Gasteiger charge is 2.07. The van der Waals surface area contributed by atoms with Crippen LogP contribution in [-0.4, -0.2) is 35.6 Å². The van der Waals surface area contributed by atoms with Crippen molar-refractivity contribution in [3.63, 3.8) is 0 Å². The third kappa shape index (κ3) is 7.98. The molecule has 0 aromatic carbocycles. The van der Waals surface area contributed by atoms with Gasteiger partial charge in [0.1, 0.15) is 0 Å². The molecule has 0 rings (SSSR count). The van der Waals surface area contributed by atoms with E-state index >= 15 is 0 Å². The van der Waals surface area contributed by atoms with Crippen LogP contribution in [0.3, 0.4) is 0 Å². The zero-order chi connectivity index (χ0) is 9.40.